The Kier molecular flexibility index (Phi) is 7.72. The van der Waals surface area contributed by atoms with E-state index >= 15 is 0 Å². The van der Waals surface area contributed by atoms with Gasteiger partial charge in [-0.05, 0) is 36.4 Å². The monoisotopic (exact) mass is 411 g/mol. The first kappa shape index (κ1) is 21.4. The molecule has 0 aliphatic carbocycles. The zero-order valence-corrected chi connectivity index (χ0v) is 18.0. The van der Waals surface area contributed by atoms with Gasteiger partial charge in [0.1, 0.15) is 0 Å². The highest BCUT2D eigenvalue weighted by Gasteiger charge is 2.22. The van der Waals surface area contributed by atoms with Gasteiger partial charge in [0.25, 0.3) is 0 Å². The van der Waals surface area contributed by atoms with E-state index in [0.717, 1.165) is 47.9 Å². The lowest BCUT2D eigenvalue weighted by Gasteiger charge is -2.34. The highest BCUT2D eigenvalue weighted by atomic mass is 32.2. The lowest BCUT2D eigenvalue weighted by Crippen LogP contribution is -2.49. The van der Waals surface area contributed by atoms with Crippen LogP contribution in [0.4, 0.5) is 5.69 Å². The molecule has 0 saturated carbocycles. The Morgan fingerprint density at radius 2 is 1.69 bits per heavy atom. The average Bonchev–Trinajstić information content (AvgIpc) is 2.74. The Hall–Kier alpha value is -2.31. The summed E-state index contributed by atoms with van der Waals surface area (Å²) in [7, 11) is 0. The third-order valence-electron chi connectivity index (χ3n) is 5.36. The zero-order chi connectivity index (χ0) is 20.6. The molecule has 29 heavy (non-hydrogen) atoms. The van der Waals surface area contributed by atoms with E-state index in [0.29, 0.717) is 19.4 Å². The van der Waals surface area contributed by atoms with Crippen molar-refractivity contribution in [2.24, 2.45) is 0 Å². The molecule has 1 heterocycles. The summed E-state index contributed by atoms with van der Waals surface area (Å²) in [5.74, 6) is 0.218. The van der Waals surface area contributed by atoms with Gasteiger partial charge in [0, 0.05) is 44.0 Å². The van der Waals surface area contributed by atoms with Gasteiger partial charge in [-0.2, -0.15) is 0 Å². The second kappa shape index (κ2) is 10.5. The molecule has 1 saturated heterocycles. The lowest BCUT2D eigenvalue weighted by molar-refractivity contribution is -0.132. The molecule has 6 heteroatoms. The average molecular weight is 412 g/mol. The minimum absolute atomic E-state index is 0.0320. The van der Waals surface area contributed by atoms with Crippen molar-refractivity contribution < 1.29 is 9.59 Å². The molecule has 5 nitrogen and oxygen atoms in total. The first-order valence-electron chi connectivity index (χ1n) is 10.0. The van der Waals surface area contributed by atoms with Crippen molar-refractivity contribution in [3.63, 3.8) is 0 Å². The summed E-state index contributed by atoms with van der Waals surface area (Å²) in [6.45, 7) is 5.84. The van der Waals surface area contributed by atoms with E-state index in [1.165, 1.54) is 0 Å². The number of piperazine rings is 1. The van der Waals surface area contributed by atoms with Crippen LogP contribution in [0.1, 0.15) is 17.5 Å². The number of carbonyl (C=O) groups excluding carboxylic acids is 2. The number of aryl methyl sites for hydroxylation is 1. The predicted octanol–water partition coefficient (Wildman–Crippen LogP) is 3.43. The molecule has 0 radical (unpaired) electrons. The first-order valence-corrected chi connectivity index (χ1v) is 11.3. The number of hydrogen-bond acceptors (Lipinski definition) is 4. The number of nitrogens with zero attached hydrogens (tertiary/aromatic N) is 2. The molecular weight excluding hydrogens is 382 g/mol. The summed E-state index contributed by atoms with van der Waals surface area (Å²) in [5, 5.41) is 3.01. The van der Waals surface area contributed by atoms with E-state index in [1.54, 1.807) is 11.8 Å². The number of amides is 2. The maximum absolute atomic E-state index is 12.6. The van der Waals surface area contributed by atoms with Crippen molar-refractivity contribution in [3.8, 4) is 0 Å². The Balaban J connectivity index is 1.41. The number of hydrogen-bond donors (Lipinski definition) is 1. The summed E-state index contributed by atoms with van der Waals surface area (Å²) in [6, 6.07) is 15.9. The van der Waals surface area contributed by atoms with Crippen molar-refractivity contribution in [1.29, 1.82) is 0 Å². The largest absolute Gasteiger partial charge is 0.340 e. The Labute approximate surface area is 177 Å². The molecule has 1 aliphatic heterocycles. The third kappa shape index (κ3) is 6.08. The molecule has 0 spiro atoms. The van der Waals surface area contributed by atoms with Crippen LogP contribution in [-0.4, -0.2) is 60.6 Å². The van der Waals surface area contributed by atoms with Gasteiger partial charge in [0.2, 0.25) is 11.8 Å². The Bertz CT molecular complexity index is 848. The minimum Gasteiger partial charge on any atom is -0.340 e. The van der Waals surface area contributed by atoms with E-state index < -0.39 is 0 Å². The molecule has 0 bridgehead atoms. The number of nitrogens with one attached hydrogen (secondary N) is 1. The number of rotatable bonds is 7. The van der Waals surface area contributed by atoms with Crippen LogP contribution in [0.3, 0.4) is 0 Å². The second-order valence-corrected chi connectivity index (χ2v) is 8.17. The summed E-state index contributed by atoms with van der Waals surface area (Å²) < 4.78 is 0. The van der Waals surface area contributed by atoms with E-state index in [1.807, 2.05) is 66.6 Å². The maximum Gasteiger partial charge on any atom is 0.227 e. The van der Waals surface area contributed by atoms with Crippen LogP contribution in [0.25, 0.3) is 0 Å². The van der Waals surface area contributed by atoms with Crippen LogP contribution in [-0.2, 0) is 16.0 Å². The number of anilines is 1. The van der Waals surface area contributed by atoms with E-state index in [9.17, 15) is 9.59 Å². The molecule has 2 aromatic carbocycles. The molecule has 0 atom stereocenters. The molecular formula is C23H29N3O2S. The standard InChI is InChI=1S/C23H29N3O2S/c1-18-7-3-4-8-19(18)17-23(28)26-15-13-25(14-16-26)12-11-22(27)24-20-9-5-6-10-21(20)29-2/h3-10H,11-17H2,1-2H3,(H,24,27). The quantitative estimate of drug-likeness (QED) is 0.709. The van der Waals surface area contributed by atoms with Crippen molar-refractivity contribution in [3.05, 3.63) is 59.7 Å². The fourth-order valence-electron chi connectivity index (χ4n) is 3.52. The zero-order valence-electron chi connectivity index (χ0n) is 17.2. The minimum atomic E-state index is 0.0320. The van der Waals surface area contributed by atoms with Gasteiger partial charge >= 0.3 is 0 Å². The number of para-hydroxylation sites is 1. The van der Waals surface area contributed by atoms with Gasteiger partial charge in [0.15, 0.2) is 0 Å². The van der Waals surface area contributed by atoms with Crippen molar-refractivity contribution in [2.45, 2.75) is 24.7 Å². The van der Waals surface area contributed by atoms with Gasteiger partial charge < -0.3 is 10.2 Å². The summed E-state index contributed by atoms with van der Waals surface area (Å²) >= 11 is 1.63. The first-order chi connectivity index (χ1) is 14.1. The van der Waals surface area contributed by atoms with Gasteiger partial charge in [0.05, 0.1) is 12.1 Å². The number of benzene rings is 2. The second-order valence-electron chi connectivity index (χ2n) is 7.32. The molecule has 1 aliphatic rings. The highest BCUT2D eigenvalue weighted by molar-refractivity contribution is 7.98. The summed E-state index contributed by atoms with van der Waals surface area (Å²) in [4.78, 5) is 30.2. The van der Waals surface area contributed by atoms with E-state index in [-0.39, 0.29) is 11.8 Å². The molecule has 1 fully saturated rings. The summed E-state index contributed by atoms with van der Waals surface area (Å²) in [5.41, 5.74) is 3.13. The van der Waals surface area contributed by atoms with Gasteiger partial charge in [-0.15, -0.1) is 11.8 Å². The SMILES string of the molecule is CSc1ccccc1NC(=O)CCN1CCN(C(=O)Cc2ccccc2C)CC1. The molecule has 0 aromatic heterocycles. The van der Waals surface area contributed by atoms with E-state index in [2.05, 4.69) is 10.2 Å². The van der Waals surface area contributed by atoms with Crippen molar-refractivity contribution >= 4 is 29.3 Å². The molecule has 0 unspecified atom stereocenters. The van der Waals surface area contributed by atoms with Gasteiger partial charge in [-0.25, -0.2) is 0 Å². The number of carbonyl (C=O) groups is 2. The van der Waals surface area contributed by atoms with Crippen LogP contribution in [0.2, 0.25) is 0 Å². The Morgan fingerprint density at radius 3 is 2.41 bits per heavy atom. The molecule has 2 amide bonds. The van der Waals surface area contributed by atoms with Crippen LogP contribution < -0.4 is 5.32 Å². The molecule has 154 valence electrons. The highest BCUT2D eigenvalue weighted by Crippen LogP contribution is 2.24. The van der Waals surface area contributed by atoms with Crippen LogP contribution >= 0.6 is 11.8 Å². The predicted molar refractivity (Wildman–Crippen MR) is 119 cm³/mol. The van der Waals surface area contributed by atoms with Crippen molar-refractivity contribution in [1.82, 2.24) is 9.80 Å². The maximum atomic E-state index is 12.6. The van der Waals surface area contributed by atoms with Gasteiger partial charge in [-0.3, -0.25) is 14.5 Å². The smallest absolute Gasteiger partial charge is 0.227 e. The van der Waals surface area contributed by atoms with Crippen LogP contribution in [0.15, 0.2) is 53.4 Å². The summed E-state index contributed by atoms with van der Waals surface area (Å²) in [6.07, 6.45) is 2.93. The van der Waals surface area contributed by atoms with Gasteiger partial charge in [-0.1, -0.05) is 36.4 Å². The fraction of sp³-hybridized carbons (Fsp3) is 0.391. The molecule has 1 N–H and O–H groups in total. The third-order valence-corrected chi connectivity index (χ3v) is 6.16. The molecule has 2 aromatic rings. The number of thioether (sulfide) groups is 1. The van der Waals surface area contributed by atoms with Crippen LogP contribution in [0, 0.1) is 6.92 Å². The normalized spacial score (nSPS) is 14.6. The van der Waals surface area contributed by atoms with E-state index in [4.69, 9.17) is 0 Å². The molecule has 3 rings (SSSR count). The lowest BCUT2D eigenvalue weighted by atomic mass is 10.1. The van der Waals surface area contributed by atoms with Crippen molar-refractivity contribution in [2.75, 3.05) is 44.3 Å². The topological polar surface area (TPSA) is 52.7 Å². The van der Waals surface area contributed by atoms with Crippen LogP contribution in [0.5, 0.6) is 0 Å². The Morgan fingerprint density at radius 1 is 1.00 bits per heavy atom. The fourth-order valence-corrected chi connectivity index (χ4v) is 4.08.